The minimum Gasteiger partial charge on any atom is -0.545 e. The van der Waals surface area contributed by atoms with Crippen LogP contribution in [0.4, 0.5) is 5.82 Å². The topological polar surface area (TPSA) is 196 Å². The van der Waals surface area contributed by atoms with Crippen LogP contribution in [-0.4, -0.2) is 71.5 Å². The molecule has 1 saturated heterocycles. The number of carboxylic acids is 4. The third kappa shape index (κ3) is 11.1. The molecule has 0 amide bonds. The third-order valence-corrected chi connectivity index (χ3v) is 6.59. The summed E-state index contributed by atoms with van der Waals surface area (Å²) >= 11 is 0. The van der Waals surface area contributed by atoms with Crippen molar-refractivity contribution in [3.63, 3.8) is 0 Å². The van der Waals surface area contributed by atoms with Crippen LogP contribution in [0.3, 0.4) is 0 Å². The molecule has 0 aliphatic carbocycles. The van der Waals surface area contributed by atoms with Gasteiger partial charge in [0.1, 0.15) is 5.82 Å². The molecule has 230 valence electrons. The van der Waals surface area contributed by atoms with Gasteiger partial charge in [-0.05, 0) is 73.5 Å². The first-order valence-electron chi connectivity index (χ1n) is 13.7. The van der Waals surface area contributed by atoms with E-state index in [1.54, 1.807) is 0 Å². The van der Waals surface area contributed by atoms with Gasteiger partial charge in [0, 0.05) is 48.7 Å². The number of para-hydroxylation sites is 2. The van der Waals surface area contributed by atoms with Crippen molar-refractivity contribution in [3.05, 3.63) is 96.7 Å². The lowest BCUT2D eigenvalue weighted by Crippen LogP contribution is -2.47. The van der Waals surface area contributed by atoms with E-state index in [0.717, 1.165) is 43.9 Å². The minimum atomic E-state index is -1.55. The molecule has 3 heterocycles. The first kappa shape index (κ1) is 33.0. The monoisotopic (exact) mass is 598 g/mol. The van der Waals surface area contributed by atoms with Gasteiger partial charge in [-0.25, -0.2) is 4.98 Å². The molecule has 4 aromatic rings. The number of carboxylic acid groups (broad SMARTS) is 4. The Morgan fingerprint density at radius 3 is 1.91 bits per heavy atom. The van der Waals surface area contributed by atoms with Gasteiger partial charge < -0.3 is 49.5 Å². The molecule has 0 spiro atoms. The Morgan fingerprint density at radius 2 is 1.30 bits per heavy atom. The molecule has 2 aromatic carbocycles. The van der Waals surface area contributed by atoms with Crippen LogP contribution in [0.2, 0.25) is 0 Å². The number of anilines is 1. The zero-order valence-electron chi connectivity index (χ0n) is 23.7. The second-order valence-electron chi connectivity index (χ2n) is 9.60. The van der Waals surface area contributed by atoms with E-state index in [0.29, 0.717) is 24.3 Å². The highest BCUT2D eigenvalue weighted by Crippen LogP contribution is 2.21. The van der Waals surface area contributed by atoms with Crippen LogP contribution in [0, 0.1) is 0 Å². The smallest absolute Gasteiger partial charge is 0.129 e. The van der Waals surface area contributed by atoms with Gasteiger partial charge in [-0.15, -0.1) is 0 Å². The fraction of sp³-hybridized carbons (Fsp3) is 0.219. The maximum atomic E-state index is 9.41. The van der Waals surface area contributed by atoms with Crippen molar-refractivity contribution >= 4 is 51.5 Å². The number of aryl methyl sites for hydroxylation is 1. The van der Waals surface area contributed by atoms with E-state index in [4.69, 9.17) is 4.98 Å². The summed E-state index contributed by atoms with van der Waals surface area (Å²) in [5, 5.41) is 40.2. The van der Waals surface area contributed by atoms with Crippen LogP contribution in [0.25, 0.3) is 21.8 Å². The first-order valence-corrected chi connectivity index (χ1v) is 13.7. The molecular formula is C32H30N4O8-4. The average molecular weight is 599 g/mol. The molecule has 1 N–H and O–H groups in total. The fourth-order valence-corrected chi connectivity index (χ4v) is 4.54. The second-order valence-corrected chi connectivity index (χ2v) is 9.60. The molecule has 0 radical (unpaired) electrons. The molecule has 1 aliphatic rings. The van der Waals surface area contributed by atoms with Crippen molar-refractivity contribution in [2.45, 2.75) is 12.8 Å². The molecule has 44 heavy (non-hydrogen) atoms. The number of carbonyl (C=O) groups is 4. The summed E-state index contributed by atoms with van der Waals surface area (Å²) < 4.78 is 0. The summed E-state index contributed by atoms with van der Waals surface area (Å²) in [4.78, 5) is 50.9. The molecule has 0 atom stereocenters. The normalized spacial score (nSPS) is 13.3. The van der Waals surface area contributed by atoms with Gasteiger partial charge in [-0.3, -0.25) is 4.90 Å². The number of pyridine rings is 1. The van der Waals surface area contributed by atoms with E-state index in [2.05, 4.69) is 81.6 Å². The summed E-state index contributed by atoms with van der Waals surface area (Å²) in [6.07, 6.45) is 6.05. The molecule has 1 aliphatic heterocycles. The number of hydrogen-bond donors (Lipinski definition) is 1. The Labute approximate surface area is 253 Å². The number of hydrogen-bond acceptors (Lipinski definition) is 11. The maximum absolute atomic E-state index is 9.41. The molecule has 0 unspecified atom stereocenters. The number of benzene rings is 2. The predicted octanol–water partition coefficient (Wildman–Crippen LogP) is -1.44. The Kier molecular flexibility index (Phi) is 12.6. The number of nitrogens with zero attached hydrogens (tertiary/aromatic N) is 3. The van der Waals surface area contributed by atoms with E-state index < -0.39 is 23.9 Å². The zero-order valence-corrected chi connectivity index (χ0v) is 23.7. The molecular weight excluding hydrogens is 568 g/mol. The van der Waals surface area contributed by atoms with Gasteiger partial charge >= 0.3 is 0 Å². The molecule has 2 aromatic heterocycles. The lowest BCUT2D eigenvalue weighted by Gasteiger charge is -2.35. The largest absolute Gasteiger partial charge is 0.545 e. The van der Waals surface area contributed by atoms with E-state index >= 15 is 0 Å². The summed E-state index contributed by atoms with van der Waals surface area (Å²) in [5.41, 5.74) is 3.77. The quantitative estimate of drug-likeness (QED) is 0.222. The Balaban J connectivity index is 0.000000275. The molecule has 5 rings (SSSR count). The van der Waals surface area contributed by atoms with Gasteiger partial charge in [0.2, 0.25) is 0 Å². The number of fused-ring (bicyclic) bond motifs is 2. The standard InChI is InChI=1S/C24H26N4.2C4H4O4/c1-3-9-22-19(6-1)11-12-24(26-22)28-16-14-27(15-17-28)13-5-7-20-18-25-23-10-4-2-8-21(20)23;2*5-3(6)1-2-4(7)8/h1-4,6,8-12,18,25H,5,7,13-17H2;2*1-2H,(H,5,6)(H,7,8)/p-4. The van der Waals surface area contributed by atoms with E-state index in [-0.39, 0.29) is 0 Å². The van der Waals surface area contributed by atoms with Crippen molar-refractivity contribution < 1.29 is 39.6 Å². The maximum Gasteiger partial charge on any atom is 0.129 e. The lowest BCUT2D eigenvalue weighted by molar-refractivity contribution is -0.301. The number of rotatable bonds is 9. The highest BCUT2D eigenvalue weighted by molar-refractivity contribution is 5.88. The minimum absolute atomic E-state index is 0.384. The fourth-order valence-electron chi connectivity index (χ4n) is 4.54. The van der Waals surface area contributed by atoms with Gasteiger partial charge in [-0.1, -0.05) is 36.4 Å². The predicted molar refractivity (Wildman–Crippen MR) is 155 cm³/mol. The van der Waals surface area contributed by atoms with Gasteiger partial charge in [0.25, 0.3) is 0 Å². The van der Waals surface area contributed by atoms with Gasteiger partial charge in [-0.2, -0.15) is 0 Å². The van der Waals surface area contributed by atoms with E-state index in [1.807, 2.05) is 0 Å². The first-order chi connectivity index (χ1) is 21.1. The Bertz CT molecular complexity index is 1570. The van der Waals surface area contributed by atoms with Crippen molar-refractivity contribution in [1.29, 1.82) is 0 Å². The third-order valence-electron chi connectivity index (χ3n) is 6.59. The van der Waals surface area contributed by atoms with Crippen molar-refractivity contribution in [2.24, 2.45) is 0 Å². The summed E-state index contributed by atoms with van der Waals surface area (Å²) in [7, 11) is 0. The number of aromatic amines is 1. The highest BCUT2D eigenvalue weighted by atomic mass is 16.4. The Hall–Kier alpha value is -5.49. The SMILES string of the molecule is O=C([O-])C=CC(=O)[O-].O=C([O-])C=CC(=O)[O-].c1ccc2nc(N3CCN(CCCc4c[nH]c5ccccc45)CC3)ccc2c1. The van der Waals surface area contributed by atoms with E-state index in [9.17, 15) is 39.6 Å². The highest BCUT2D eigenvalue weighted by Gasteiger charge is 2.18. The zero-order chi connectivity index (χ0) is 31.9. The van der Waals surface area contributed by atoms with Crippen LogP contribution >= 0.6 is 0 Å². The molecule has 1 fully saturated rings. The number of aliphatic carboxylic acids is 4. The second kappa shape index (κ2) is 16.8. The number of carbonyl (C=O) groups excluding carboxylic acids is 4. The molecule has 0 saturated carbocycles. The lowest BCUT2D eigenvalue weighted by atomic mass is 10.1. The number of H-pyrrole nitrogens is 1. The van der Waals surface area contributed by atoms with Crippen molar-refractivity contribution in [3.8, 4) is 0 Å². The number of piperazine rings is 1. The average Bonchev–Trinajstić information content (AvgIpc) is 3.43. The number of aromatic nitrogens is 2. The van der Waals surface area contributed by atoms with E-state index in [1.165, 1.54) is 34.8 Å². The van der Waals surface area contributed by atoms with Crippen LogP contribution in [-0.2, 0) is 25.6 Å². The Morgan fingerprint density at radius 1 is 0.727 bits per heavy atom. The van der Waals surface area contributed by atoms with Crippen LogP contribution in [0.5, 0.6) is 0 Å². The van der Waals surface area contributed by atoms with Crippen LogP contribution in [0.15, 0.2) is 91.2 Å². The van der Waals surface area contributed by atoms with Crippen molar-refractivity contribution in [2.75, 3.05) is 37.6 Å². The summed E-state index contributed by atoms with van der Waals surface area (Å²) in [6, 6.07) is 21.3. The van der Waals surface area contributed by atoms with Crippen LogP contribution in [0.1, 0.15) is 12.0 Å². The summed E-state index contributed by atoms with van der Waals surface area (Å²) in [6.45, 7) is 5.50. The number of nitrogens with one attached hydrogen (secondary N) is 1. The van der Waals surface area contributed by atoms with Gasteiger partial charge in [0.05, 0.1) is 29.4 Å². The summed E-state index contributed by atoms with van der Waals surface area (Å²) in [5.74, 6) is -5.08. The van der Waals surface area contributed by atoms with Crippen LogP contribution < -0.4 is 25.3 Å². The molecule has 12 nitrogen and oxygen atoms in total. The molecule has 12 heteroatoms. The molecule has 0 bridgehead atoms. The van der Waals surface area contributed by atoms with Gasteiger partial charge in [0.15, 0.2) is 0 Å². The van der Waals surface area contributed by atoms with Crippen molar-refractivity contribution in [1.82, 2.24) is 14.9 Å².